The van der Waals surface area contributed by atoms with E-state index in [4.69, 9.17) is 4.74 Å². The van der Waals surface area contributed by atoms with Crippen molar-refractivity contribution in [3.63, 3.8) is 0 Å². The third-order valence-corrected chi connectivity index (χ3v) is 7.24. The smallest absolute Gasteiger partial charge is 0.197 e. The molecule has 1 heterocycles. The van der Waals surface area contributed by atoms with Gasteiger partial charge in [0.1, 0.15) is 11.5 Å². The lowest BCUT2D eigenvalue weighted by molar-refractivity contribution is 0.425. The minimum Gasteiger partial charge on any atom is -0.457 e. The van der Waals surface area contributed by atoms with Crippen LogP contribution in [0.4, 0.5) is 0 Å². The molecule has 0 aromatic heterocycles. The van der Waals surface area contributed by atoms with Gasteiger partial charge in [-0.25, -0.2) is 0 Å². The molecular formula is C27H24BOP. The summed E-state index contributed by atoms with van der Waals surface area (Å²) >= 11 is 0. The Bertz CT molecular complexity index is 1090. The summed E-state index contributed by atoms with van der Waals surface area (Å²) < 4.78 is 6.73. The zero-order valence-electron chi connectivity index (χ0n) is 17.4. The maximum Gasteiger partial charge on any atom is 0.197 e. The second kappa shape index (κ2) is 7.78. The van der Waals surface area contributed by atoms with Crippen LogP contribution in [0.5, 0.6) is 11.5 Å². The number of hydrogen-bond donors (Lipinski definition) is 0. The van der Waals surface area contributed by atoms with E-state index in [-0.39, 0.29) is 5.41 Å². The van der Waals surface area contributed by atoms with Gasteiger partial charge >= 0.3 is 0 Å². The molecule has 0 saturated carbocycles. The molecule has 1 unspecified atom stereocenters. The van der Waals surface area contributed by atoms with Gasteiger partial charge < -0.3 is 4.74 Å². The van der Waals surface area contributed by atoms with E-state index in [2.05, 4.69) is 111 Å². The molecule has 0 N–H and O–H groups in total. The second-order valence-electron chi connectivity index (χ2n) is 8.36. The highest BCUT2D eigenvalue weighted by Gasteiger charge is 2.36. The van der Waals surface area contributed by atoms with Crippen LogP contribution in [0.2, 0.25) is 0 Å². The number of fused-ring (bicyclic) bond motifs is 2. The van der Waals surface area contributed by atoms with E-state index in [1.54, 1.807) is 0 Å². The van der Waals surface area contributed by atoms with Crippen molar-refractivity contribution in [2.45, 2.75) is 19.3 Å². The topological polar surface area (TPSA) is 9.23 Å². The van der Waals surface area contributed by atoms with Crippen LogP contribution in [0, 0.1) is 0 Å². The molecule has 1 atom stereocenters. The van der Waals surface area contributed by atoms with E-state index >= 15 is 0 Å². The Labute approximate surface area is 181 Å². The summed E-state index contributed by atoms with van der Waals surface area (Å²) in [5.41, 5.74) is 4.98. The fraction of sp³-hybridized carbons (Fsp3) is 0.111. The number of rotatable bonds is 4. The molecule has 4 aromatic rings. The molecule has 3 heteroatoms. The molecule has 30 heavy (non-hydrogen) atoms. The van der Waals surface area contributed by atoms with E-state index in [1.165, 1.54) is 32.7 Å². The van der Waals surface area contributed by atoms with Crippen molar-refractivity contribution in [1.82, 2.24) is 0 Å². The van der Waals surface area contributed by atoms with Crippen LogP contribution >= 0.6 is 8.58 Å². The summed E-state index contributed by atoms with van der Waals surface area (Å²) in [5, 5.41) is 2.60. The van der Waals surface area contributed by atoms with Crippen LogP contribution in [0.3, 0.4) is 0 Å². The van der Waals surface area contributed by atoms with Gasteiger partial charge in [-0.2, -0.15) is 0 Å². The van der Waals surface area contributed by atoms with Crippen molar-refractivity contribution < 1.29 is 4.74 Å². The van der Waals surface area contributed by atoms with Gasteiger partial charge in [-0.3, -0.25) is 0 Å². The summed E-state index contributed by atoms with van der Waals surface area (Å²) in [4.78, 5) is 0. The summed E-state index contributed by atoms with van der Waals surface area (Å²) in [6.45, 7) is 4.63. The first-order valence-corrected chi connectivity index (χ1v) is 11.4. The average molecular weight is 406 g/mol. The normalized spacial score (nSPS) is 14.1. The summed E-state index contributed by atoms with van der Waals surface area (Å²) in [6.07, 6.45) is 0. The first-order valence-electron chi connectivity index (χ1n) is 10.4. The lowest BCUT2D eigenvalue weighted by Crippen LogP contribution is -2.34. The van der Waals surface area contributed by atoms with Crippen LogP contribution in [-0.4, -0.2) is 7.28 Å². The molecule has 0 fully saturated rings. The van der Waals surface area contributed by atoms with Crippen molar-refractivity contribution in [3.05, 3.63) is 108 Å². The highest BCUT2D eigenvalue weighted by Crippen LogP contribution is 2.47. The first kappa shape index (κ1) is 19.2. The van der Waals surface area contributed by atoms with Gasteiger partial charge in [-0.1, -0.05) is 125 Å². The summed E-state index contributed by atoms with van der Waals surface area (Å²) in [6, 6.07) is 34.5. The van der Waals surface area contributed by atoms with Crippen LogP contribution in [0.25, 0.3) is 0 Å². The van der Waals surface area contributed by atoms with Gasteiger partial charge in [0, 0.05) is 21.8 Å². The van der Waals surface area contributed by atoms with Gasteiger partial charge in [0.2, 0.25) is 0 Å². The Hall–Kier alpha value is -2.83. The second-order valence-corrected chi connectivity index (χ2v) is 9.72. The lowest BCUT2D eigenvalue weighted by atomic mass is 9.61. The number of para-hydroxylation sites is 2. The molecule has 0 bridgehead atoms. The monoisotopic (exact) mass is 406 g/mol. The number of benzene rings is 4. The molecule has 1 aliphatic rings. The van der Waals surface area contributed by atoms with Gasteiger partial charge in [0.05, 0.1) is 0 Å². The van der Waals surface area contributed by atoms with Gasteiger partial charge in [-0.15, -0.1) is 0 Å². The van der Waals surface area contributed by atoms with E-state index in [9.17, 15) is 0 Å². The highest BCUT2D eigenvalue weighted by molar-refractivity contribution is 7.55. The maximum absolute atomic E-state index is 6.73. The molecular weight excluding hydrogens is 382 g/mol. The van der Waals surface area contributed by atoms with Crippen molar-refractivity contribution in [2.75, 3.05) is 0 Å². The molecule has 0 aliphatic carbocycles. The maximum atomic E-state index is 6.73. The molecule has 4 aromatic carbocycles. The van der Waals surface area contributed by atoms with Crippen LogP contribution < -0.4 is 26.3 Å². The molecule has 0 radical (unpaired) electrons. The molecule has 146 valence electrons. The Balaban J connectivity index is 1.60. The summed E-state index contributed by atoms with van der Waals surface area (Å²) in [7, 11) is 1.45. The predicted octanol–water partition coefficient (Wildman–Crippen LogP) is 4.13. The Morgan fingerprint density at radius 1 is 0.667 bits per heavy atom. The molecule has 0 spiro atoms. The lowest BCUT2D eigenvalue weighted by Gasteiger charge is -2.36. The first-order chi connectivity index (χ1) is 14.6. The van der Waals surface area contributed by atoms with Crippen molar-refractivity contribution in [1.29, 1.82) is 0 Å². The Morgan fingerprint density at radius 2 is 1.30 bits per heavy atom. The zero-order chi connectivity index (χ0) is 20.6. The highest BCUT2D eigenvalue weighted by atomic mass is 31.1. The molecule has 0 amide bonds. The number of ether oxygens (including phenoxy) is 1. The molecule has 1 nitrogen and oxygen atoms in total. The Morgan fingerprint density at radius 3 is 2.03 bits per heavy atom. The van der Waals surface area contributed by atoms with Crippen LogP contribution in [0.15, 0.2) is 97.1 Å². The SMILES string of the molecule is CC1(C)c2cccc(Bc3ccccc3)c2Oc2c(Pc3ccccc3)cccc21. The third kappa shape index (κ3) is 3.46. The van der Waals surface area contributed by atoms with Gasteiger partial charge in [0.15, 0.2) is 7.28 Å². The minimum absolute atomic E-state index is 0.104. The standard InChI is InChI=1S/C27H24BOP/c1-27(2)21-15-9-17-23(28-19-11-5-3-6-12-19)25(21)29-26-22(27)16-10-18-24(26)30-20-13-7-4-8-14-20/h3-18,28,30H,1-2H3. The fourth-order valence-corrected chi connectivity index (χ4v) is 5.46. The van der Waals surface area contributed by atoms with Gasteiger partial charge in [-0.05, 0) is 10.8 Å². The molecule has 0 saturated heterocycles. The molecule has 1 aliphatic heterocycles. The number of hydrogen-bond acceptors (Lipinski definition) is 1. The molecule has 5 rings (SSSR count). The predicted molar refractivity (Wildman–Crippen MR) is 132 cm³/mol. The zero-order valence-corrected chi connectivity index (χ0v) is 18.4. The van der Waals surface area contributed by atoms with Crippen molar-refractivity contribution >= 4 is 37.4 Å². The minimum atomic E-state index is -0.104. The van der Waals surface area contributed by atoms with Crippen LogP contribution in [-0.2, 0) is 5.41 Å². The van der Waals surface area contributed by atoms with Crippen molar-refractivity contribution in [2.24, 2.45) is 0 Å². The van der Waals surface area contributed by atoms with E-state index in [1.807, 2.05) is 0 Å². The largest absolute Gasteiger partial charge is 0.457 e. The van der Waals surface area contributed by atoms with Gasteiger partial charge in [0.25, 0.3) is 0 Å². The van der Waals surface area contributed by atoms with Crippen LogP contribution in [0.1, 0.15) is 25.0 Å². The quantitative estimate of drug-likeness (QED) is 0.366. The van der Waals surface area contributed by atoms with E-state index in [0.717, 1.165) is 18.8 Å². The van der Waals surface area contributed by atoms with E-state index in [0.29, 0.717) is 8.58 Å². The van der Waals surface area contributed by atoms with Crippen molar-refractivity contribution in [3.8, 4) is 11.5 Å². The average Bonchev–Trinajstić information content (AvgIpc) is 2.77. The summed E-state index contributed by atoms with van der Waals surface area (Å²) in [5.74, 6) is 2.07. The third-order valence-electron chi connectivity index (χ3n) is 5.95. The van der Waals surface area contributed by atoms with E-state index < -0.39 is 0 Å². The fourth-order valence-electron chi connectivity index (χ4n) is 4.31. The Kier molecular flexibility index (Phi) is 4.97.